The Morgan fingerprint density at radius 2 is 1.87 bits per heavy atom. The van der Waals surface area contributed by atoms with E-state index in [0.29, 0.717) is 46.1 Å². The monoisotopic (exact) mass is 436 g/mol. The summed E-state index contributed by atoms with van der Waals surface area (Å²) in [5, 5.41) is 9.32. The maximum Gasteiger partial charge on any atom is 0.175 e. The van der Waals surface area contributed by atoms with E-state index < -0.39 is 9.84 Å². The second kappa shape index (κ2) is 8.48. The third kappa shape index (κ3) is 4.59. The number of aromatic nitrogens is 1. The molecule has 1 saturated carbocycles. The van der Waals surface area contributed by atoms with Crippen molar-refractivity contribution >= 4 is 9.84 Å². The smallest absolute Gasteiger partial charge is 0.175 e. The standard InChI is InChI=1S/C24H21FN2O3S/c1-31(28,29)21-10-22(18-5-7-20(25)8-6-18)24(19-9-17(12-26)13-27-14-19)23(11-21)30-15-16-3-2-4-16/h5-11,13-14,16H,2-4,15H2,1H3. The Morgan fingerprint density at radius 1 is 1.13 bits per heavy atom. The van der Waals surface area contributed by atoms with E-state index >= 15 is 0 Å². The summed E-state index contributed by atoms with van der Waals surface area (Å²) in [7, 11) is -3.53. The molecule has 3 aromatic rings. The zero-order valence-corrected chi connectivity index (χ0v) is 17.8. The summed E-state index contributed by atoms with van der Waals surface area (Å²) in [6.45, 7) is 0.481. The van der Waals surface area contributed by atoms with Gasteiger partial charge in [0.1, 0.15) is 17.6 Å². The van der Waals surface area contributed by atoms with Crippen LogP contribution in [0.1, 0.15) is 24.8 Å². The maximum atomic E-state index is 13.6. The van der Waals surface area contributed by atoms with Crippen molar-refractivity contribution in [2.45, 2.75) is 24.2 Å². The lowest BCUT2D eigenvalue weighted by Gasteiger charge is -2.26. The van der Waals surface area contributed by atoms with E-state index in [1.807, 2.05) is 0 Å². The van der Waals surface area contributed by atoms with Gasteiger partial charge in [-0.3, -0.25) is 4.98 Å². The Bertz CT molecular complexity index is 1260. The first-order valence-corrected chi connectivity index (χ1v) is 11.9. The molecule has 0 aliphatic heterocycles. The van der Waals surface area contributed by atoms with Gasteiger partial charge in [0.25, 0.3) is 0 Å². The molecular formula is C24H21FN2O3S. The lowest BCUT2D eigenvalue weighted by Crippen LogP contribution is -2.19. The van der Waals surface area contributed by atoms with Crippen LogP contribution in [-0.4, -0.2) is 26.3 Å². The normalized spacial score (nSPS) is 14.0. The van der Waals surface area contributed by atoms with Crippen LogP contribution >= 0.6 is 0 Å². The van der Waals surface area contributed by atoms with Gasteiger partial charge in [0.05, 0.1) is 17.1 Å². The van der Waals surface area contributed by atoms with Crippen molar-refractivity contribution in [3.05, 3.63) is 66.2 Å². The molecule has 0 saturated heterocycles. The van der Waals surface area contributed by atoms with Gasteiger partial charge in [0, 0.05) is 29.8 Å². The number of halogens is 1. The van der Waals surface area contributed by atoms with Gasteiger partial charge in [-0.1, -0.05) is 18.6 Å². The van der Waals surface area contributed by atoms with Crippen LogP contribution in [0.3, 0.4) is 0 Å². The fraction of sp³-hybridized carbons (Fsp3) is 0.250. The summed E-state index contributed by atoms with van der Waals surface area (Å²) in [6.07, 6.45) is 7.54. The molecule has 0 atom stereocenters. The van der Waals surface area contributed by atoms with Crippen LogP contribution in [0.2, 0.25) is 0 Å². The fourth-order valence-electron chi connectivity index (χ4n) is 3.58. The van der Waals surface area contributed by atoms with Crippen LogP contribution < -0.4 is 4.74 Å². The van der Waals surface area contributed by atoms with E-state index in [9.17, 15) is 18.1 Å². The Hall–Kier alpha value is -3.24. The molecule has 4 rings (SSSR count). The number of ether oxygens (including phenoxy) is 1. The number of hydrogen-bond donors (Lipinski definition) is 0. The number of benzene rings is 2. The highest BCUT2D eigenvalue weighted by Gasteiger charge is 2.23. The van der Waals surface area contributed by atoms with Gasteiger partial charge in [-0.15, -0.1) is 0 Å². The van der Waals surface area contributed by atoms with Crippen molar-refractivity contribution in [1.29, 1.82) is 5.26 Å². The Balaban J connectivity index is 1.96. The molecule has 0 N–H and O–H groups in total. The number of hydrogen-bond acceptors (Lipinski definition) is 5. The second-order valence-electron chi connectivity index (χ2n) is 7.81. The Labute approximate surface area is 181 Å². The predicted octanol–water partition coefficient (Wildman–Crippen LogP) is 5.01. The molecule has 31 heavy (non-hydrogen) atoms. The van der Waals surface area contributed by atoms with Gasteiger partial charge in [-0.05, 0) is 60.2 Å². The SMILES string of the molecule is CS(=O)(=O)c1cc(OCC2CCC2)c(-c2cncc(C#N)c2)c(-c2ccc(F)cc2)c1. The molecule has 7 heteroatoms. The molecule has 1 heterocycles. The summed E-state index contributed by atoms with van der Waals surface area (Å²) < 4.78 is 44.5. The van der Waals surface area contributed by atoms with Crippen LogP contribution in [0.25, 0.3) is 22.3 Å². The molecular weight excluding hydrogens is 415 g/mol. The Kier molecular flexibility index (Phi) is 5.75. The van der Waals surface area contributed by atoms with Crippen molar-refractivity contribution in [2.75, 3.05) is 12.9 Å². The van der Waals surface area contributed by atoms with Gasteiger partial charge < -0.3 is 4.74 Å². The average molecular weight is 437 g/mol. The first-order valence-electron chi connectivity index (χ1n) is 9.97. The number of nitrogens with zero attached hydrogens (tertiary/aromatic N) is 2. The number of nitriles is 1. The molecule has 1 fully saturated rings. The van der Waals surface area contributed by atoms with Crippen LogP contribution in [0.15, 0.2) is 59.8 Å². The van der Waals surface area contributed by atoms with E-state index in [2.05, 4.69) is 11.1 Å². The fourth-order valence-corrected chi connectivity index (χ4v) is 4.23. The molecule has 0 bridgehead atoms. The topological polar surface area (TPSA) is 80.1 Å². The number of sulfone groups is 1. The molecule has 1 aromatic heterocycles. The minimum absolute atomic E-state index is 0.114. The lowest BCUT2D eigenvalue weighted by atomic mass is 9.86. The summed E-state index contributed by atoms with van der Waals surface area (Å²) in [6, 6.07) is 12.7. The molecule has 1 aliphatic rings. The maximum absolute atomic E-state index is 13.6. The lowest BCUT2D eigenvalue weighted by molar-refractivity contribution is 0.181. The molecule has 0 unspecified atom stereocenters. The highest BCUT2D eigenvalue weighted by Crippen LogP contribution is 2.42. The van der Waals surface area contributed by atoms with Gasteiger partial charge in [0.2, 0.25) is 0 Å². The van der Waals surface area contributed by atoms with Crippen molar-refractivity contribution in [1.82, 2.24) is 4.98 Å². The van der Waals surface area contributed by atoms with E-state index in [1.165, 1.54) is 30.8 Å². The molecule has 0 amide bonds. The first kappa shape index (κ1) is 21.0. The van der Waals surface area contributed by atoms with E-state index in [1.54, 1.807) is 30.5 Å². The summed E-state index contributed by atoms with van der Waals surface area (Å²) in [5.74, 6) is 0.456. The van der Waals surface area contributed by atoms with Crippen LogP contribution in [0.5, 0.6) is 5.75 Å². The zero-order chi connectivity index (χ0) is 22.0. The van der Waals surface area contributed by atoms with Crippen molar-refractivity contribution in [3.63, 3.8) is 0 Å². The highest BCUT2D eigenvalue weighted by atomic mass is 32.2. The molecule has 0 spiro atoms. The van der Waals surface area contributed by atoms with E-state index in [0.717, 1.165) is 19.1 Å². The summed E-state index contributed by atoms with van der Waals surface area (Å²) in [4.78, 5) is 4.27. The van der Waals surface area contributed by atoms with E-state index in [-0.39, 0.29) is 10.7 Å². The molecule has 158 valence electrons. The van der Waals surface area contributed by atoms with Gasteiger partial charge in [-0.2, -0.15) is 5.26 Å². The minimum atomic E-state index is -3.53. The van der Waals surface area contributed by atoms with Crippen molar-refractivity contribution < 1.29 is 17.5 Å². The molecule has 2 aromatic carbocycles. The third-order valence-corrected chi connectivity index (χ3v) is 6.61. The Morgan fingerprint density at radius 3 is 2.48 bits per heavy atom. The number of pyridine rings is 1. The second-order valence-corrected chi connectivity index (χ2v) is 9.82. The van der Waals surface area contributed by atoms with Gasteiger partial charge in [-0.25, -0.2) is 12.8 Å². The molecule has 1 aliphatic carbocycles. The summed E-state index contributed by atoms with van der Waals surface area (Å²) >= 11 is 0. The van der Waals surface area contributed by atoms with Crippen LogP contribution in [0, 0.1) is 23.1 Å². The van der Waals surface area contributed by atoms with Crippen molar-refractivity contribution in [2.24, 2.45) is 5.92 Å². The quantitative estimate of drug-likeness (QED) is 0.543. The third-order valence-electron chi connectivity index (χ3n) is 5.51. The van der Waals surface area contributed by atoms with Crippen LogP contribution in [-0.2, 0) is 9.84 Å². The average Bonchev–Trinajstić information content (AvgIpc) is 2.72. The minimum Gasteiger partial charge on any atom is -0.493 e. The highest BCUT2D eigenvalue weighted by molar-refractivity contribution is 7.90. The summed E-state index contributed by atoms with van der Waals surface area (Å²) in [5.41, 5.74) is 2.84. The van der Waals surface area contributed by atoms with E-state index in [4.69, 9.17) is 4.74 Å². The largest absolute Gasteiger partial charge is 0.493 e. The molecule has 5 nitrogen and oxygen atoms in total. The van der Waals surface area contributed by atoms with Gasteiger partial charge >= 0.3 is 0 Å². The number of rotatable bonds is 6. The van der Waals surface area contributed by atoms with Crippen LogP contribution in [0.4, 0.5) is 4.39 Å². The first-order chi connectivity index (χ1) is 14.8. The van der Waals surface area contributed by atoms with Gasteiger partial charge in [0.15, 0.2) is 9.84 Å². The van der Waals surface area contributed by atoms with Crippen molar-refractivity contribution in [3.8, 4) is 34.1 Å². The predicted molar refractivity (Wildman–Crippen MR) is 116 cm³/mol. The molecule has 0 radical (unpaired) electrons. The zero-order valence-electron chi connectivity index (χ0n) is 17.0.